The Bertz CT molecular complexity index is 1300. The van der Waals surface area contributed by atoms with Crippen LogP contribution in [0.1, 0.15) is 30.2 Å². The third-order valence-corrected chi connectivity index (χ3v) is 5.95. The molecular weight excluding hydrogens is 458 g/mol. The number of nitrogens with one attached hydrogen (secondary N) is 2. The summed E-state index contributed by atoms with van der Waals surface area (Å²) in [6.07, 6.45) is 1.70. The standard InChI is InChI=1S/C24H30F2N6O3/c1-13(12-34-24(25)26)32-21(11-28-7-6-27-4)30-19-10-29-18-8-17(22-14(2)31-35-15(22)3)20(33-5)9-16(18)23(19)32/h8-10,13,24,27-28H,6-7,11-12H2,1-5H3/t13-/m1/s1. The number of hydrogen-bond donors (Lipinski definition) is 2. The SMILES string of the molecule is CNCCNCc1nc2cnc3cc(-c4c(C)noc4C)c(OC)cc3c2n1[C@H](C)COC(F)F. The van der Waals surface area contributed by atoms with Gasteiger partial charge in [0.1, 0.15) is 22.9 Å². The molecular formula is C24H30F2N6O3. The highest BCUT2D eigenvalue weighted by Crippen LogP contribution is 2.39. The van der Waals surface area contributed by atoms with Crippen LogP contribution >= 0.6 is 0 Å². The van der Waals surface area contributed by atoms with Crippen molar-refractivity contribution in [1.82, 2.24) is 30.3 Å². The van der Waals surface area contributed by atoms with E-state index in [0.29, 0.717) is 34.9 Å². The monoisotopic (exact) mass is 488 g/mol. The Morgan fingerprint density at radius 1 is 1.17 bits per heavy atom. The summed E-state index contributed by atoms with van der Waals surface area (Å²) >= 11 is 0. The zero-order valence-corrected chi connectivity index (χ0v) is 20.5. The number of aryl methyl sites for hydroxylation is 2. The second-order valence-electron chi connectivity index (χ2n) is 8.38. The van der Waals surface area contributed by atoms with Crippen molar-refractivity contribution in [2.75, 3.05) is 33.9 Å². The summed E-state index contributed by atoms with van der Waals surface area (Å²) in [7, 11) is 3.48. The van der Waals surface area contributed by atoms with Crippen LogP contribution in [0.2, 0.25) is 0 Å². The summed E-state index contributed by atoms with van der Waals surface area (Å²) in [6, 6.07) is 3.44. The van der Waals surface area contributed by atoms with Gasteiger partial charge in [-0.25, -0.2) is 4.98 Å². The van der Waals surface area contributed by atoms with Crippen molar-refractivity contribution in [3.8, 4) is 16.9 Å². The smallest absolute Gasteiger partial charge is 0.345 e. The average molecular weight is 489 g/mol. The molecule has 3 heterocycles. The van der Waals surface area contributed by atoms with E-state index in [0.717, 1.165) is 40.8 Å². The molecule has 4 aromatic rings. The summed E-state index contributed by atoms with van der Waals surface area (Å²) in [5.74, 6) is 2.02. The van der Waals surface area contributed by atoms with Gasteiger partial charge in [0.25, 0.3) is 0 Å². The van der Waals surface area contributed by atoms with Crippen molar-refractivity contribution < 1.29 is 22.8 Å². The summed E-state index contributed by atoms with van der Waals surface area (Å²) in [5.41, 5.74) is 4.59. The number of rotatable bonds is 11. The Balaban J connectivity index is 1.90. The summed E-state index contributed by atoms with van der Waals surface area (Å²) in [6.45, 7) is 4.53. The van der Waals surface area contributed by atoms with Gasteiger partial charge in [0.2, 0.25) is 0 Å². The number of pyridine rings is 1. The van der Waals surface area contributed by atoms with Gasteiger partial charge in [-0.05, 0) is 40.0 Å². The van der Waals surface area contributed by atoms with E-state index in [9.17, 15) is 8.78 Å². The first-order chi connectivity index (χ1) is 16.8. The second-order valence-corrected chi connectivity index (χ2v) is 8.38. The Morgan fingerprint density at radius 3 is 2.63 bits per heavy atom. The van der Waals surface area contributed by atoms with E-state index in [1.807, 2.05) is 44.5 Å². The van der Waals surface area contributed by atoms with Crippen LogP contribution in [-0.2, 0) is 11.3 Å². The molecule has 9 nitrogen and oxygen atoms in total. The molecule has 4 rings (SSSR count). The molecule has 35 heavy (non-hydrogen) atoms. The fraction of sp³-hybridized carbons (Fsp3) is 0.458. The molecule has 188 valence electrons. The quantitative estimate of drug-likeness (QED) is 0.306. The minimum Gasteiger partial charge on any atom is -0.496 e. The maximum absolute atomic E-state index is 12.8. The number of methoxy groups -OCH3 is 1. The van der Waals surface area contributed by atoms with E-state index in [2.05, 4.69) is 25.5 Å². The lowest BCUT2D eigenvalue weighted by molar-refractivity contribution is -0.135. The predicted molar refractivity (Wildman–Crippen MR) is 129 cm³/mol. The highest BCUT2D eigenvalue weighted by molar-refractivity contribution is 6.05. The molecule has 0 aliphatic rings. The van der Waals surface area contributed by atoms with Gasteiger partial charge >= 0.3 is 6.61 Å². The van der Waals surface area contributed by atoms with Crippen molar-refractivity contribution in [2.45, 2.75) is 40.0 Å². The van der Waals surface area contributed by atoms with Crippen LogP contribution in [0.15, 0.2) is 22.9 Å². The van der Waals surface area contributed by atoms with E-state index in [1.54, 1.807) is 13.3 Å². The average Bonchev–Trinajstić information content (AvgIpc) is 3.38. The van der Waals surface area contributed by atoms with Crippen LogP contribution in [0.25, 0.3) is 33.1 Å². The molecule has 2 N–H and O–H groups in total. The lowest BCUT2D eigenvalue weighted by Crippen LogP contribution is -2.26. The lowest BCUT2D eigenvalue weighted by atomic mass is 10.0. The third-order valence-electron chi connectivity index (χ3n) is 5.95. The second kappa shape index (κ2) is 10.6. The first-order valence-corrected chi connectivity index (χ1v) is 11.4. The number of likely N-dealkylation sites (N-methyl/N-ethyl adjacent to an activating group) is 1. The number of halogens is 2. The van der Waals surface area contributed by atoms with Crippen molar-refractivity contribution in [1.29, 1.82) is 0 Å². The van der Waals surface area contributed by atoms with Gasteiger partial charge in [0.15, 0.2) is 0 Å². The number of alkyl halides is 2. The van der Waals surface area contributed by atoms with Gasteiger partial charge in [-0.2, -0.15) is 8.78 Å². The summed E-state index contributed by atoms with van der Waals surface area (Å²) in [4.78, 5) is 9.42. The number of nitrogens with zero attached hydrogens (tertiary/aromatic N) is 4. The number of fused-ring (bicyclic) bond motifs is 3. The van der Waals surface area contributed by atoms with Crippen molar-refractivity contribution in [2.24, 2.45) is 0 Å². The first kappa shape index (κ1) is 25.0. The Kier molecular flexibility index (Phi) is 7.58. The van der Waals surface area contributed by atoms with Crippen molar-refractivity contribution >= 4 is 21.9 Å². The van der Waals surface area contributed by atoms with Gasteiger partial charge in [0, 0.05) is 24.0 Å². The molecule has 1 atom stereocenters. The van der Waals surface area contributed by atoms with Crippen LogP contribution < -0.4 is 15.4 Å². The molecule has 3 aromatic heterocycles. The van der Waals surface area contributed by atoms with Crippen LogP contribution in [0, 0.1) is 13.8 Å². The van der Waals surface area contributed by atoms with E-state index in [-0.39, 0.29) is 6.61 Å². The van der Waals surface area contributed by atoms with E-state index in [1.165, 1.54) is 0 Å². The van der Waals surface area contributed by atoms with Gasteiger partial charge in [-0.1, -0.05) is 5.16 Å². The van der Waals surface area contributed by atoms with Gasteiger partial charge < -0.3 is 29.2 Å². The lowest BCUT2D eigenvalue weighted by Gasteiger charge is -2.19. The maximum atomic E-state index is 12.8. The number of imidazole rings is 1. The highest BCUT2D eigenvalue weighted by atomic mass is 19.3. The van der Waals surface area contributed by atoms with Gasteiger partial charge in [-0.15, -0.1) is 0 Å². The van der Waals surface area contributed by atoms with Crippen LogP contribution in [0.5, 0.6) is 5.75 Å². The third kappa shape index (κ3) is 4.97. The fourth-order valence-corrected chi connectivity index (χ4v) is 4.38. The van der Waals surface area contributed by atoms with Crippen LogP contribution in [0.4, 0.5) is 8.78 Å². The molecule has 0 spiro atoms. The molecule has 0 amide bonds. The molecule has 0 aliphatic heterocycles. The molecule has 0 aliphatic carbocycles. The molecule has 0 bridgehead atoms. The number of ether oxygens (including phenoxy) is 2. The minimum absolute atomic E-state index is 0.162. The number of benzene rings is 1. The van der Waals surface area contributed by atoms with E-state index < -0.39 is 12.7 Å². The molecule has 0 fully saturated rings. The molecule has 0 unspecified atom stereocenters. The summed E-state index contributed by atoms with van der Waals surface area (Å²) in [5, 5.41) is 11.3. The predicted octanol–water partition coefficient (Wildman–Crippen LogP) is 3.97. The highest BCUT2D eigenvalue weighted by Gasteiger charge is 2.23. The van der Waals surface area contributed by atoms with Crippen molar-refractivity contribution in [3.63, 3.8) is 0 Å². The number of aromatic nitrogens is 4. The normalized spacial score (nSPS) is 12.8. The van der Waals surface area contributed by atoms with E-state index >= 15 is 0 Å². The Labute approximate surface area is 201 Å². The number of hydrogen-bond acceptors (Lipinski definition) is 8. The fourth-order valence-electron chi connectivity index (χ4n) is 4.38. The van der Waals surface area contributed by atoms with E-state index in [4.69, 9.17) is 14.2 Å². The van der Waals surface area contributed by atoms with Gasteiger partial charge in [0.05, 0.1) is 54.8 Å². The van der Waals surface area contributed by atoms with Crippen LogP contribution in [0.3, 0.4) is 0 Å². The zero-order valence-electron chi connectivity index (χ0n) is 20.5. The maximum Gasteiger partial charge on any atom is 0.345 e. The molecule has 0 saturated carbocycles. The van der Waals surface area contributed by atoms with Crippen molar-refractivity contribution in [3.05, 3.63) is 35.6 Å². The largest absolute Gasteiger partial charge is 0.496 e. The molecule has 1 aromatic carbocycles. The molecule has 0 radical (unpaired) electrons. The first-order valence-electron chi connectivity index (χ1n) is 11.4. The summed E-state index contributed by atoms with van der Waals surface area (Å²) < 4.78 is 43.4. The topological polar surface area (TPSA) is 99.3 Å². The Morgan fingerprint density at radius 2 is 1.97 bits per heavy atom. The minimum atomic E-state index is -2.85. The van der Waals surface area contributed by atoms with Gasteiger partial charge in [-0.3, -0.25) is 4.98 Å². The molecule has 11 heteroatoms. The zero-order chi connectivity index (χ0) is 25.1. The van der Waals surface area contributed by atoms with Crippen LogP contribution in [-0.4, -0.2) is 60.2 Å². The molecule has 0 saturated heterocycles. The Hall–Kier alpha value is -3.15.